The van der Waals surface area contributed by atoms with E-state index < -0.39 is 17.6 Å². The lowest BCUT2D eigenvalue weighted by Gasteiger charge is -2.13. The van der Waals surface area contributed by atoms with E-state index in [1.807, 2.05) is 0 Å². The Hall–Kier alpha value is -2.34. The van der Waals surface area contributed by atoms with Crippen LogP contribution in [0.15, 0.2) is 27.4 Å². The number of aromatic hydroxyl groups is 1. The molecule has 0 spiro atoms. The number of carboxylic acid groups (broad SMARTS) is 1. The van der Waals surface area contributed by atoms with E-state index in [9.17, 15) is 14.7 Å². The van der Waals surface area contributed by atoms with Gasteiger partial charge in [0, 0.05) is 18.0 Å². The number of carbonyl (C=O) groups is 1. The van der Waals surface area contributed by atoms with Crippen molar-refractivity contribution >= 4 is 16.9 Å². The zero-order valence-electron chi connectivity index (χ0n) is 13.3. The van der Waals surface area contributed by atoms with Gasteiger partial charge in [0.15, 0.2) is 0 Å². The molecule has 1 heterocycles. The van der Waals surface area contributed by atoms with Crippen LogP contribution in [0.3, 0.4) is 0 Å². The van der Waals surface area contributed by atoms with Crippen molar-refractivity contribution in [1.29, 1.82) is 0 Å². The molecule has 0 saturated carbocycles. The van der Waals surface area contributed by atoms with E-state index in [0.29, 0.717) is 11.1 Å². The molecule has 0 aliphatic carbocycles. The summed E-state index contributed by atoms with van der Waals surface area (Å²) in [5.41, 5.74) is 1.12. The number of phenolic OH excluding ortho intramolecular Hbond substituents is 1. The molecule has 2 aromatic rings. The monoisotopic (exact) mass is 319 g/mol. The van der Waals surface area contributed by atoms with E-state index in [0.717, 1.165) is 30.2 Å². The molecule has 0 saturated heterocycles. The van der Waals surface area contributed by atoms with Crippen LogP contribution < -0.4 is 10.9 Å². The number of benzene rings is 1. The number of aliphatic carboxylic acids is 1. The van der Waals surface area contributed by atoms with Crippen molar-refractivity contribution in [2.24, 2.45) is 0 Å². The van der Waals surface area contributed by atoms with Crippen molar-refractivity contribution in [2.75, 3.05) is 0 Å². The normalized spacial score (nSPS) is 12.4. The van der Waals surface area contributed by atoms with Gasteiger partial charge in [-0.15, -0.1) is 0 Å². The first-order chi connectivity index (χ1) is 10.9. The van der Waals surface area contributed by atoms with Crippen LogP contribution >= 0.6 is 0 Å². The molecule has 0 fully saturated rings. The molecule has 0 unspecified atom stereocenters. The average molecular weight is 319 g/mol. The van der Waals surface area contributed by atoms with Gasteiger partial charge in [0.25, 0.3) is 0 Å². The summed E-state index contributed by atoms with van der Waals surface area (Å²) >= 11 is 0. The molecule has 6 heteroatoms. The van der Waals surface area contributed by atoms with Crippen LogP contribution in [0, 0.1) is 0 Å². The minimum Gasteiger partial charge on any atom is -0.507 e. The van der Waals surface area contributed by atoms with E-state index in [1.165, 1.54) is 13.0 Å². The van der Waals surface area contributed by atoms with E-state index in [2.05, 4.69) is 12.2 Å². The van der Waals surface area contributed by atoms with Gasteiger partial charge < -0.3 is 19.9 Å². The molecule has 0 aliphatic heterocycles. The van der Waals surface area contributed by atoms with Crippen LogP contribution in [-0.2, 0) is 17.8 Å². The van der Waals surface area contributed by atoms with Gasteiger partial charge in [-0.3, -0.25) is 4.79 Å². The highest BCUT2D eigenvalue weighted by Gasteiger charge is 2.16. The predicted molar refractivity (Wildman–Crippen MR) is 86.7 cm³/mol. The highest BCUT2D eigenvalue weighted by Crippen LogP contribution is 2.29. The summed E-state index contributed by atoms with van der Waals surface area (Å²) in [7, 11) is 0. The Kier molecular flexibility index (Phi) is 5.39. The Bertz CT molecular complexity index is 765. The van der Waals surface area contributed by atoms with Crippen LogP contribution in [-0.4, -0.2) is 22.2 Å². The second kappa shape index (κ2) is 7.28. The largest absolute Gasteiger partial charge is 0.507 e. The van der Waals surface area contributed by atoms with E-state index >= 15 is 0 Å². The van der Waals surface area contributed by atoms with Crippen molar-refractivity contribution < 1.29 is 19.4 Å². The molecule has 0 bridgehead atoms. The molecule has 3 N–H and O–H groups in total. The van der Waals surface area contributed by atoms with Crippen LogP contribution in [0.5, 0.6) is 5.75 Å². The minimum atomic E-state index is -0.991. The quantitative estimate of drug-likeness (QED) is 0.678. The van der Waals surface area contributed by atoms with Gasteiger partial charge in [-0.1, -0.05) is 13.3 Å². The number of nitrogens with one attached hydrogen (secondary N) is 1. The Labute approximate surface area is 133 Å². The summed E-state index contributed by atoms with van der Waals surface area (Å²) in [5.74, 6) is -1.02. The molecule has 6 nitrogen and oxygen atoms in total. The number of rotatable bonds is 7. The first-order valence-corrected chi connectivity index (χ1v) is 7.67. The summed E-state index contributed by atoms with van der Waals surface area (Å²) in [6.45, 7) is 3.67. The van der Waals surface area contributed by atoms with Gasteiger partial charge in [0.1, 0.15) is 17.4 Å². The predicted octanol–water partition coefficient (Wildman–Crippen LogP) is 2.40. The van der Waals surface area contributed by atoms with E-state index in [1.54, 1.807) is 12.1 Å². The molecule has 0 radical (unpaired) electrons. The lowest BCUT2D eigenvalue weighted by atomic mass is 10.0. The Morgan fingerprint density at radius 2 is 2.13 bits per heavy atom. The van der Waals surface area contributed by atoms with Gasteiger partial charge >= 0.3 is 11.6 Å². The lowest BCUT2D eigenvalue weighted by molar-refractivity contribution is -0.139. The molecule has 1 atom stereocenters. The smallest absolute Gasteiger partial charge is 0.336 e. The van der Waals surface area contributed by atoms with E-state index in [-0.39, 0.29) is 12.3 Å². The second-order valence-electron chi connectivity index (χ2n) is 5.57. The van der Waals surface area contributed by atoms with Gasteiger partial charge in [0.05, 0.1) is 5.56 Å². The third kappa shape index (κ3) is 3.90. The number of unbranched alkanes of at least 4 members (excludes halogenated alkanes) is 1. The summed E-state index contributed by atoms with van der Waals surface area (Å²) in [4.78, 5) is 22.7. The average Bonchev–Trinajstić information content (AvgIpc) is 2.51. The van der Waals surface area contributed by atoms with Gasteiger partial charge in [-0.05, 0) is 37.5 Å². The Morgan fingerprint density at radius 3 is 2.78 bits per heavy atom. The summed E-state index contributed by atoms with van der Waals surface area (Å²) < 4.78 is 5.28. The standard InChI is InChI=1S/C17H21NO5/c1-3-4-5-11-8-15(20)23-16-12(11)6-7-14(19)13(16)9-18-10(2)17(21)22/h6-8,10,18-19H,3-5,9H2,1-2H3,(H,21,22)/t10-/m0/s1. The maximum absolute atomic E-state index is 11.8. The van der Waals surface area contributed by atoms with E-state index in [4.69, 9.17) is 9.52 Å². The fourth-order valence-electron chi connectivity index (χ4n) is 2.42. The van der Waals surface area contributed by atoms with Gasteiger partial charge in [0.2, 0.25) is 0 Å². The SMILES string of the molecule is CCCCc1cc(=O)oc2c(CN[C@@H](C)C(=O)O)c(O)ccc12. The van der Waals surface area contributed by atoms with Crippen LogP contribution in [0.4, 0.5) is 0 Å². The topological polar surface area (TPSA) is 99.8 Å². The summed E-state index contributed by atoms with van der Waals surface area (Å²) in [5, 5.41) is 22.6. The lowest BCUT2D eigenvalue weighted by Crippen LogP contribution is -2.33. The van der Waals surface area contributed by atoms with Crippen molar-refractivity contribution in [3.05, 3.63) is 39.7 Å². The minimum absolute atomic E-state index is 0.0293. The molecule has 124 valence electrons. The van der Waals surface area contributed by atoms with Gasteiger partial charge in [-0.25, -0.2) is 4.79 Å². The molecule has 23 heavy (non-hydrogen) atoms. The number of aryl methyl sites for hydroxylation is 1. The first kappa shape index (κ1) is 17.0. The number of fused-ring (bicyclic) bond motifs is 1. The molecule has 1 aromatic carbocycles. The number of hydrogen-bond donors (Lipinski definition) is 3. The Balaban J connectivity index is 2.47. The van der Waals surface area contributed by atoms with Crippen molar-refractivity contribution in [2.45, 2.75) is 45.7 Å². The third-order valence-electron chi connectivity index (χ3n) is 3.83. The summed E-state index contributed by atoms with van der Waals surface area (Å²) in [6.07, 6.45) is 2.70. The summed E-state index contributed by atoms with van der Waals surface area (Å²) in [6, 6.07) is 3.97. The third-order valence-corrected chi connectivity index (χ3v) is 3.83. The number of phenols is 1. The first-order valence-electron chi connectivity index (χ1n) is 7.67. The van der Waals surface area contributed by atoms with Crippen LogP contribution in [0.1, 0.15) is 37.8 Å². The zero-order valence-corrected chi connectivity index (χ0v) is 13.3. The molecule has 0 amide bonds. The van der Waals surface area contributed by atoms with Crippen LogP contribution in [0.25, 0.3) is 11.0 Å². The zero-order chi connectivity index (χ0) is 17.0. The highest BCUT2D eigenvalue weighted by molar-refractivity contribution is 5.85. The molecular weight excluding hydrogens is 298 g/mol. The molecule has 2 rings (SSSR count). The Morgan fingerprint density at radius 1 is 1.39 bits per heavy atom. The number of carboxylic acids is 1. The van der Waals surface area contributed by atoms with Gasteiger partial charge in [-0.2, -0.15) is 0 Å². The maximum atomic E-state index is 11.8. The maximum Gasteiger partial charge on any atom is 0.336 e. The fourth-order valence-corrected chi connectivity index (χ4v) is 2.42. The molecule has 0 aliphatic rings. The highest BCUT2D eigenvalue weighted by atomic mass is 16.4. The fraction of sp³-hybridized carbons (Fsp3) is 0.412. The van der Waals surface area contributed by atoms with Crippen molar-refractivity contribution in [1.82, 2.24) is 5.32 Å². The number of hydrogen-bond acceptors (Lipinski definition) is 5. The van der Waals surface area contributed by atoms with Crippen LogP contribution in [0.2, 0.25) is 0 Å². The van der Waals surface area contributed by atoms with Crippen molar-refractivity contribution in [3.8, 4) is 5.75 Å². The second-order valence-corrected chi connectivity index (χ2v) is 5.57. The molecular formula is C17H21NO5. The molecule has 1 aromatic heterocycles. The van der Waals surface area contributed by atoms with Crippen molar-refractivity contribution in [3.63, 3.8) is 0 Å².